The highest BCUT2D eigenvalue weighted by atomic mass is 32.2. The second-order valence-corrected chi connectivity index (χ2v) is 5.74. The molecule has 0 amide bonds. The number of hydrogen-bond donors (Lipinski definition) is 2. The number of aliphatic hydroxyl groups is 1. The molecule has 1 atom stereocenters. The first-order valence-electron chi connectivity index (χ1n) is 6.32. The Morgan fingerprint density at radius 3 is 2.73 bits per heavy atom. The van der Waals surface area contributed by atoms with Crippen molar-refractivity contribution in [3.05, 3.63) is 0 Å². The van der Waals surface area contributed by atoms with Crippen LogP contribution < -0.4 is 5.32 Å². The van der Waals surface area contributed by atoms with Crippen LogP contribution in [0.2, 0.25) is 0 Å². The molecule has 90 valence electrons. The van der Waals surface area contributed by atoms with E-state index in [9.17, 15) is 0 Å². The second kappa shape index (κ2) is 8.43. The summed E-state index contributed by atoms with van der Waals surface area (Å²) in [5.41, 5.74) is 0. The highest BCUT2D eigenvalue weighted by Gasteiger charge is 2.17. The maximum absolute atomic E-state index is 8.98. The SMILES string of the molecule is CCCNC(CCO)CSC1CCCC1. The van der Waals surface area contributed by atoms with E-state index < -0.39 is 0 Å². The van der Waals surface area contributed by atoms with Crippen LogP contribution in [0.4, 0.5) is 0 Å². The lowest BCUT2D eigenvalue weighted by atomic mass is 10.2. The Morgan fingerprint density at radius 2 is 2.13 bits per heavy atom. The standard InChI is InChI=1S/C12H25NOS/c1-2-8-13-11(7-9-14)10-15-12-5-3-4-6-12/h11-14H,2-10H2,1H3. The Hall–Kier alpha value is 0.270. The number of hydrogen-bond acceptors (Lipinski definition) is 3. The van der Waals surface area contributed by atoms with Crippen LogP contribution >= 0.6 is 11.8 Å². The van der Waals surface area contributed by atoms with Crippen molar-refractivity contribution in [1.82, 2.24) is 5.32 Å². The Labute approximate surface area is 98.2 Å². The van der Waals surface area contributed by atoms with Gasteiger partial charge in [0.25, 0.3) is 0 Å². The van der Waals surface area contributed by atoms with Crippen LogP contribution in [0.15, 0.2) is 0 Å². The lowest BCUT2D eigenvalue weighted by molar-refractivity contribution is 0.270. The first kappa shape index (κ1) is 13.3. The minimum atomic E-state index is 0.312. The summed E-state index contributed by atoms with van der Waals surface area (Å²) in [5.74, 6) is 1.17. The summed E-state index contributed by atoms with van der Waals surface area (Å²) in [6.45, 7) is 3.58. The van der Waals surface area contributed by atoms with Gasteiger partial charge in [0.1, 0.15) is 0 Å². The number of thioether (sulfide) groups is 1. The molecular formula is C12H25NOS. The fraction of sp³-hybridized carbons (Fsp3) is 1.00. The molecule has 3 heteroatoms. The van der Waals surface area contributed by atoms with Crippen LogP contribution in [-0.4, -0.2) is 35.3 Å². The Kier molecular flexibility index (Phi) is 7.49. The van der Waals surface area contributed by atoms with Crippen LogP contribution in [0.5, 0.6) is 0 Å². The molecule has 2 nitrogen and oxygen atoms in total. The molecule has 0 saturated heterocycles. The van der Waals surface area contributed by atoms with Gasteiger partial charge >= 0.3 is 0 Å². The second-order valence-electron chi connectivity index (χ2n) is 4.40. The van der Waals surface area contributed by atoms with Crippen molar-refractivity contribution < 1.29 is 5.11 Å². The molecule has 1 fully saturated rings. The Bertz CT molecular complexity index is 149. The molecule has 1 unspecified atom stereocenters. The van der Waals surface area contributed by atoms with E-state index in [0.717, 1.165) is 18.2 Å². The summed E-state index contributed by atoms with van der Waals surface area (Å²) in [7, 11) is 0. The summed E-state index contributed by atoms with van der Waals surface area (Å²) < 4.78 is 0. The highest BCUT2D eigenvalue weighted by Crippen LogP contribution is 2.29. The monoisotopic (exact) mass is 231 g/mol. The lowest BCUT2D eigenvalue weighted by Crippen LogP contribution is -2.33. The smallest absolute Gasteiger partial charge is 0.0446 e. The fourth-order valence-corrected chi connectivity index (χ4v) is 3.51. The normalized spacial score (nSPS) is 19.6. The zero-order valence-corrected chi connectivity index (χ0v) is 10.7. The Morgan fingerprint density at radius 1 is 1.40 bits per heavy atom. The summed E-state index contributed by atoms with van der Waals surface area (Å²) in [5, 5.41) is 13.4. The third-order valence-electron chi connectivity index (χ3n) is 3.00. The summed E-state index contributed by atoms with van der Waals surface area (Å²) in [6.07, 6.45) is 7.74. The van der Waals surface area contributed by atoms with Gasteiger partial charge in [0.15, 0.2) is 0 Å². The predicted molar refractivity (Wildman–Crippen MR) is 68.5 cm³/mol. The minimum Gasteiger partial charge on any atom is -0.396 e. The van der Waals surface area contributed by atoms with E-state index in [2.05, 4.69) is 24.0 Å². The van der Waals surface area contributed by atoms with Crippen molar-refractivity contribution >= 4 is 11.8 Å². The molecule has 1 aliphatic rings. The van der Waals surface area contributed by atoms with Gasteiger partial charge in [-0.1, -0.05) is 19.8 Å². The van der Waals surface area contributed by atoms with E-state index in [-0.39, 0.29) is 0 Å². The number of rotatable bonds is 8. The van der Waals surface area contributed by atoms with Crippen LogP contribution in [0, 0.1) is 0 Å². The highest BCUT2D eigenvalue weighted by molar-refractivity contribution is 7.99. The van der Waals surface area contributed by atoms with Gasteiger partial charge in [0.05, 0.1) is 0 Å². The average Bonchev–Trinajstić information content (AvgIpc) is 2.75. The largest absolute Gasteiger partial charge is 0.396 e. The minimum absolute atomic E-state index is 0.312. The van der Waals surface area contributed by atoms with Gasteiger partial charge in [-0.05, 0) is 32.2 Å². The van der Waals surface area contributed by atoms with Crippen molar-refractivity contribution in [2.75, 3.05) is 18.9 Å². The average molecular weight is 231 g/mol. The zero-order valence-electron chi connectivity index (χ0n) is 9.87. The molecule has 0 radical (unpaired) electrons. The van der Waals surface area contributed by atoms with Gasteiger partial charge < -0.3 is 10.4 Å². The lowest BCUT2D eigenvalue weighted by Gasteiger charge is -2.19. The molecule has 0 bridgehead atoms. The molecule has 0 spiro atoms. The van der Waals surface area contributed by atoms with Crippen molar-refractivity contribution in [1.29, 1.82) is 0 Å². The van der Waals surface area contributed by atoms with Crippen molar-refractivity contribution in [3.8, 4) is 0 Å². The predicted octanol–water partition coefficient (Wildman–Crippen LogP) is 2.41. The molecule has 0 aliphatic heterocycles. The van der Waals surface area contributed by atoms with E-state index >= 15 is 0 Å². The van der Waals surface area contributed by atoms with Gasteiger partial charge in [0.2, 0.25) is 0 Å². The number of nitrogens with one attached hydrogen (secondary N) is 1. The molecule has 1 rings (SSSR count). The molecular weight excluding hydrogens is 206 g/mol. The van der Waals surface area contributed by atoms with Crippen LogP contribution in [0.1, 0.15) is 45.4 Å². The fourth-order valence-electron chi connectivity index (χ4n) is 2.06. The van der Waals surface area contributed by atoms with Gasteiger partial charge in [0, 0.05) is 23.7 Å². The third kappa shape index (κ3) is 5.79. The maximum Gasteiger partial charge on any atom is 0.0446 e. The van der Waals surface area contributed by atoms with Crippen LogP contribution in [-0.2, 0) is 0 Å². The zero-order chi connectivity index (χ0) is 10.9. The summed E-state index contributed by atoms with van der Waals surface area (Å²) in [6, 6.07) is 0.514. The van der Waals surface area contributed by atoms with Crippen molar-refractivity contribution in [2.45, 2.75) is 56.7 Å². The molecule has 1 saturated carbocycles. The Balaban J connectivity index is 2.11. The van der Waals surface area contributed by atoms with Crippen LogP contribution in [0.25, 0.3) is 0 Å². The van der Waals surface area contributed by atoms with Gasteiger partial charge in [-0.3, -0.25) is 0 Å². The van der Waals surface area contributed by atoms with E-state index in [0.29, 0.717) is 12.6 Å². The molecule has 2 N–H and O–H groups in total. The molecule has 0 heterocycles. The topological polar surface area (TPSA) is 32.3 Å². The summed E-state index contributed by atoms with van der Waals surface area (Å²) in [4.78, 5) is 0. The molecule has 1 aliphatic carbocycles. The summed E-state index contributed by atoms with van der Waals surface area (Å²) >= 11 is 2.11. The molecule has 0 aromatic rings. The third-order valence-corrected chi connectivity index (χ3v) is 4.53. The van der Waals surface area contributed by atoms with E-state index in [1.54, 1.807) is 0 Å². The van der Waals surface area contributed by atoms with Crippen LogP contribution in [0.3, 0.4) is 0 Å². The van der Waals surface area contributed by atoms with E-state index in [1.807, 2.05) is 0 Å². The molecule has 15 heavy (non-hydrogen) atoms. The van der Waals surface area contributed by atoms with Gasteiger partial charge in [-0.2, -0.15) is 11.8 Å². The maximum atomic E-state index is 8.98. The quantitative estimate of drug-likeness (QED) is 0.673. The van der Waals surface area contributed by atoms with E-state index in [4.69, 9.17) is 5.11 Å². The van der Waals surface area contributed by atoms with Crippen molar-refractivity contribution in [3.63, 3.8) is 0 Å². The van der Waals surface area contributed by atoms with E-state index in [1.165, 1.54) is 37.9 Å². The number of aliphatic hydroxyl groups excluding tert-OH is 1. The molecule has 0 aromatic heterocycles. The first-order valence-corrected chi connectivity index (χ1v) is 7.37. The van der Waals surface area contributed by atoms with Gasteiger partial charge in [-0.15, -0.1) is 0 Å². The first-order chi connectivity index (χ1) is 7.36. The van der Waals surface area contributed by atoms with Crippen molar-refractivity contribution in [2.24, 2.45) is 0 Å². The van der Waals surface area contributed by atoms with Gasteiger partial charge in [-0.25, -0.2) is 0 Å². The molecule has 0 aromatic carbocycles.